The molecule has 0 aliphatic rings. The maximum absolute atomic E-state index is 14.1. The predicted molar refractivity (Wildman–Crippen MR) is 170 cm³/mol. The number of nitrogens with one attached hydrogen (secondary N) is 1. The zero-order valence-corrected chi connectivity index (χ0v) is 27.6. The minimum absolute atomic E-state index is 0.0212. The highest BCUT2D eigenvalue weighted by atomic mass is 35.5. The van der Waals surface area contributed by atoms with Crippen LogP contribution in [0.3, 0.4) is 0 Å². The molecule has 0 unspecified atom stereocenters. The van der Waals surface area contributed by atoms with Gasteiger partial charge in [0.15, 0.2) is 11.5 Å². The third-order valence-electron chi connectivity index (χ3n) is 6.55. The van der Waals surface area contributed by atoms with Crippen LogP contribution in [0.25, 0.3) is 0 Å². The second kappa shape index (κ2) is 13.9. The van der Waals surface area contributed by atoms with Crippen LogP contribution >= 0.6 is 23.2 Å². The van der Waals surface area contributed by atoms with Gasteiger partial charge < -0.3 is 19.7 Å². The first kappa shape index (κ1) is 34.0. The highest BCUT2D eigenvalue weighted by molar-refractivity contribution is 7.92. The van der Waals surface area contributed by atoms with Crippen molar-refractivity contribution in [3.05, 3.63) is 81.8 Å². The van der Waals surface area contributed by atoms with E-state index in [1.54, 1.807) is 49.4 Å². The first-order chi connectivity index (χ1) is 20.1. The second-order valence-electron chi connectivity index (χ2n) is 11.0. The van der Waals surface area contributed by atoms with E-state index in [9.17, 15) is 18.0 Å². The van der Waals surface area contributed by atoms with Crippen LogP contribution in [-0.2, 0) is 26.2 Å². The summed E-state index contributed by atoms with van der Waals surface area (Å²) >= 11 is 12.3. The highest BCUT2D eigenvalue weighted by Gasteiger charge is 2.34. The summed E-state index contributed by atoms with van der Waals surface area (Å²) in [5.41, 5.74) is 1.24. The van der Waals surface area contributed by atoms with E-state index < -0.39 is 40.0 Å². The molecule has 3 aromatic carbocycles. The number of rotatable bonds is 11. The summed E-state index contributed by atoms with van der Waals surface area (Å²) in [5, 5.41) is 3.52. The second-order valence-corrected chi connectivity index (χ2v) is 13.7. The summed E-state index contributed by atoms with van der Waals surface area (Å²) in [6.45, 7) is 8.35. The molecule has 0 fully saturated rings. The maximum atomic E-state index is 14.1. The molecular formula is C31H37Cl2N3O6S. The van der Waals surface area contributed by atoms with Crippen molar-refractivity contribution in [2.75, 3.05) is 25.1 Å². The summed E-state index contributed by atoms with van der Waals surface area (Å²) in [6, 6.07) is 14.9. The van der Waals surface area contributed by atoms with E-state index in [1.165, 1.54) is 37.3 Å². The molecule has 1 atom stereocenters. The van der Waals surface area contributed by atoms with E-state index in [2.05, 4.69) is 5.32 Å². The molecular weight excluding hydrogens is 613 g/mol. The molecule has 0 bridgehead atoms. The van der Waals surface area contributed by atoms with Gasteiger partial charge in [-0.05, 0) is 76.6 Å². The van der Waals surface area contributed by atoms with Gasteiger partial charge in [0.1, 0.15) is 12.6 Å². The molecule has 12 heteroatoms. The molecule has 43 heavy (non-hydrogen) atoms. The lowest BCUT2D eigenvalue weighted by Crippen LogP contribution is -2.54. The standard InChI is InChI=1S/C31H37Cl2N3O6S/c1-20-8-11-23(12-9-20)36(43(39,40)24-13-15-27(41-6)28(17-24)42-7)19-29(37)35(21(2)30(38)34-31(3,4)5)18-22-10-14-25(32)26(33)16-22/h8-17,21H,18-19H2,1-7H3,(H,34,38)/t21-/m1/s1. The molecule has 1 N–H and O–H groups in total. The van der Waals surface area contributed by atoms with Crippen molar-refractivity contribution < 1.29 is 27.5 Å². The Morgan fingerprint density at radius 1 is 0.907 bits per heavy atom. The normalized spacial score (nSPS) is 12.3. The first-order valence-electron chi connectivity index (χ1n) is 13.4. The molecule has 0 saturated heterocycles. The number of methoxy groups -OCH3 is 2. The van der Waals surface area contributed by atoms with Crippen LogP contribution in [0.1, 0.15) is 38.8 Å². The molecule has 2 amide bonds. The minimum Gasteiger partial charge on any atom is -0.493 e. The third-order valence-corrected chi connectivity index (χ3v) is 9.06. The molecule has 0 spiro atoms. The van der Waals surface area contributed by atoms with Crippen LogP contribution in [0.15, 0.2) is 65.6 Å². The minimum atomic E-state index is -4.30. The van der Waals surface area contributed by atoms with Crippen molar-refractivity contribution in [2.24, 2.45) is 0 Å². The largest absolute Gasteiger partial charge is 0.493 e. The number of ether oxygens (including phenoxy) is 2. The van der Waals surface area contributed by atoms with Crippen molar-refractivity contribution in [1.29, 1.82) is 0 Å². The lowest BCUT2D eigenvalue weighted by atomic mass is 10.1. The fraction of sp³-hybridized carbons (Fsp3) is 0.355. The monoisotopic (exact) mass is 649 g/mol. The molecule has 0 aliphatic heterocycles. The van der Waals surface area contributed by atoms with Gasteiger partial charge in [-0.25, -0.2) is 8.42 Å². The topological polar surface area (TPSA) is 105 Å². The number of sulfonamides is 1. The highest BCUT2D eigenvalue weighted by Crippen LogP contribution is 2.32. The Balaban J connectivity index is 2.09. The van der Waals surface area contributed by atoms with Crippen LogP contribution in [0.2, 0.25) is 10.0 Å². The van der Waals surface area contributed by atoms with Crippen LogP contribution in [0.5, 0.6) is 11.5 Å². The van der Waals surface area contributed by atoms with Gasteiger partial charge in [-0.2, -0.15) is 0 Å². The number of carbonyl (C=O) groups excluding carboxylic acids is 2. The Hall–Kier alpha value is -3.47. The molecule has 0 aromatic heterocycles. The zero-order valence-electron chi connectivity index (χ0n) is 25.3. The Morgan fingerprint density at radius 2 is 1.53 bits per heavy atom. The van der Waals surface area contributed by atoms with Crippen molar-refractivity contribution >= 4 is 50.7 Å². The van der Waals surface area contributed by atoms with Crippen LogP contribution < -0.4 is 19.1 Å². The van der Waals surface area contributed by atoms with Crippen LogP contribution in [0, 0.1) is 6.92 Å². The smallest absolute Gasteiger partial charge is 0.264 e. The van der Waals surface area contributed by atoms with Gasteiger partial charge in [0.25, 0.3) is 10.0 Å². The summed E-state index contributed by atoms with van der Waals surface area (Å²) in [7, 11) is -1.45. The Morgan fingerprint density at radius 3 is 2.09 bits per heavy atom. The van der Waals surface area contributed by atoms with Crippen molar-refractivity contribution in [1.82, 2.24) is 10.2 Å². The summed E-state index contributed by atoms with van der Waals surface area (Å²) in [4.78, 5) is 28.6. The number of anilines is 1. The number of aryl methyl sites for hydroxylation is 1. The molecule has 0 heterocycles. The third kappa shape index (κ3) is 8.55. The zero-order chi connectivity index (χ0) is 32.1. The fourth-order valence-corrected chi connectivity index (χ4v) is 5.99. The van der Waals surface area contributed by atoms with Gasteiger partial charge in [-0.1, -0.05) is 47.0 Å². The molecule has 0 aliphatic carbocycles. The fourth-order valence-electron chi connectivity index (χ4n) is 4.24. The summed E-state index contributed by atoms with van der Waals surface area (Å²) < 4.78 is 39.9. The Kier molecular flexibility index (Phi) is 11.0. The molecule has 0 saturated carbocycles. The van der Waals surface area contributed by atoms with Crippen LogP contribution in [-0.4, -0.2) is 57.5 Å². The Bertz CT molecular complexity index is 1570. The number of carbonyl (C=O) groups is 2. The SMILES string of the molecule is COc1ccc(S(=O)(=O)N(CC(=O)N(Cc2ccc(Cl)c(Cl)c2)[C@H](C)C(=O)NC(C)(C)C)c2ccc(C)cc2)cc1OC. The number of benzene rings is 3. The molecule has 232 valence electrons. The van der Waals surface area contributed by atoms with E-state index in [0.717, 1.165) is 9.87 Å². The van der Waals surface area contributed by atoms with E-state index in [4.69, 9.17) is 32.7 Å². The number of amides is 2. The van der Waals surface area contributed by atoms with Crippen molar-refractivity contribution in [3.63, 3.8) is 0 Å². The van der Waals surface area contributed by atoms with E-state index in [1.807, 2.05) is 27.7 Å². The average molecular weight is 651 g/mol. The average Bonchev–Trinajstić information content (AvgIpc) is 2.95. The Labute approximate surface area is 263 Å². The number of hydrogen-bond donors (Lipinski definition) is 1. The van der Waals surface area contributed by atoms with Gasteiger partial charge >= 0.3 is 0 Å². The molecule has 3 rings (SSSR count). The van der Waals surface area contributed by atoms with E-state index in [-0.39, 0.29) is 27.9 Å². The van der Waals surface area contributed by atoms with Gasteiger partial charge in [0, 0.05) is 18.2 Å². The van der Waals surface area contributed by atoms with Gasteiger partial charge in [0.2, 0.25) is 11.8 Å². The van der Waals surface area contributed by atoms with Crippen LogP contribution in [0.4, 0.5) is 5.69 Å². The van der Waals surface area contributed by atoms with E-state index >= 15 is 0 Å². The molecule has 3 aromatic rings. The maximum Gasteiger partial charge on any atom is 0.264 e. The van der Waals surface area contributed by atoms with Gasteiger partial charge in [-0.15, -0.1) is 0 Å². The van der Waals surface area contributed by atoms with Gasteiger partial charge in [0.05, 0.1) is 34.8 Å². The quantitative estimate of drug-likeness (QED) is 0.280. The predicted octanol–water partition coefficient (Wildman–Crippen LogP) is 5.85. The summed E-state index contributed by atoms with van der Waals surface area (Å²) in [5.74, 6) is -0.434. The molecule has 9 nitrogen and oxygen atoms in total. The van der Waals surface area contributed by atoms with Crippen molar-refractivity contribution in [2.45, 2.75) is 57.6 Å². The lowest BCUT2D eigenvalue weighted by molar-refractivity contribution is -0.140. The van der Waals surface area contributed by atoms with Crippen molar-refractivity contribution in [3.8, 4) is 11.5 Å². The van der Waals surface area contributed by atoms with E-state index in [0.29, 0.717) is 16.3 Å². The number of nitrogens with zero attached hydrogens (tertiary/aromatic N) is 2. The first-order valence-corrected chi connectivity index (χ1v) is 15.6. The van der Waals surface area contributed by atoms with Gasteiger partial charge in [-0.3, -0.25) is 13.9 Å². The lowest BCUT2D eigenvalue weighted by Gasteiger charge is -2.33. The summed E-state index contributed by atoms with van der Waals surface area (Å²) in [6.07, 6.45) is 0. The number of halogens is 2. The molecule has 0 radical (unpaired) electrons. The number of hydrogen-bond acceptors (Lipinski definition) is 6.